The van der Waals surface area contributed by atoms with Gasteiger partial charge in [-0.15, -0.1) is 0 Å². The van der Waals surface area contributed by atoms with Crippen LogP contribution in [0.25, 0.3) is 0 Å². The SMILES string of the molecule is NC(=S)c1cnc(N2CCCS(=O)(=O)CC2)cn1. The maximum atomic E-state index is 11.5. The molecule has 1 aromatic rings. The molecule has 0 radical (unpaired) electrons. The zero-order valence-electron chi connectivity index (χ0n) is 9.74. The molecular formula is C10H14N4O2S2. The molecule has 0 bridgehead atoms. The molecule has 0 aliphatic carbocycles. The number of sulfone groups is 1. The van der Waals surface area contributed by atoms with Crippen LogP contribution in [-0.4, -0.2) is 48.0 Å². The largest absolute Gasteiger partial charge is 0.388 e. The maximum absolute atomic E-state index is 11.5. The summed E-state index contributed by atoms with van der Waals surface area (Å²) in [5, 5.41) is 0. The molecule has 0 amide bonds. The molecule has 1 fully saturated rings. The third-order valence-corrected chi connectivity index (χ3v) is 4.69. The minimum absolute atomic E-state index is 0.158. The van der Waals surface area contributed by atoms with E-state index in [0.29, 0.717) is 31.0 Å². The van der Waals surface area contributed by atoms with E-state index in [1.54, 1.807) is 6.20 Å². The average Bonchev–Trinajstić information content (AvgIpc) is 2.50. The standard InChI is InChI=1S/C10H14N4O2S2/c11-10(17)8-6-13-9(7-12-8)14-2-1-4-18(15,16)5-3-14/h6-7H,1-5H2,(H2,11,17). The van der Waals surface area contributed by atoms with Gasteiger partial charge in [-0.1, -0.05) is 12.2 Å². The predicted molar refractivity (Wildman–Crippen MR) is 73.4 cm³/mol. The predicted octanol–water partition coefficient (Wildman–Crippen LogP) is -0.264. The Morgan fingerprint density at radius 3 is 2.67 bits per heavy atom. The fourth-order valence-corrected chi connectivity index (χ4v) is 3.16. The smallest absolute Gasteiger partial charge is 0.152 e. The van der Waals surface area contributed by atoms with Crippen molar-refractivity contribution in [2.75, 3.05) is 29.5 Å². The Morgan fingerprint density at radius 2 is 2.06 bits per heavy atom. The fourth-order valence-electron chi connectivity index (χ4n) is 1.78. The Labute approximate surface area is 111 Å². The normalized spacial score (nSPS) is 19.2. The monoisotopic (exact) mass is 286 g/mol. The van der Waals surface area contributed by atoms with E-state index in [0.717, 1.165) is 0 Å². The lowest BCUT2D eigenvalue weighted by atomic mass is 10.4. The Kier molecular flexibility index (Phi) is 3.76. The van der Waals surface area contributed by atoms with Crippen molar-refractivity contribution in [3.63, 3.8) is 0 Å². The van der Waals surface area contributed by atoms with Crippen molar-refractivity contribution in [1.82, 2.24) is 9.97 Å². The number of nitrogens with zero attached hydrogens (tertiary/aromatic N) is 3. The van der Waals surface area contributed by atoms with E-state index in [1.807, 2.05) is 4.90 Å². The Morgan fingerprint density at radius 1 is 1.28 bits per heavy atom. The van der Waals surface area contributed by atoms with Crippen molar-refractivity contribution in [2.24, 2.45) is 5.73 Å². The first kappa shape index (κ1) is 13.2. The van der Waals surface area contributed by atoms with Crippen molar-refractivity contribution >= 4 is 32.9 Å². The molecule has 8 heteroatoms. The number of rotatable bonds is 2. The number of aromatic nitrogens is 2. The first-order chi connectivity index (χ1) is 8.48. The number of thiocarbonyl (C=S) groups is 1. The van der Waals surface area contributed by atoms with Gasteiger partial charge in [0, 0.05) is 13.1 Å². The van der Waals surface area contributed by atoms with Crippen LogP contribution in [0.15, 0.2) is 12.4 Å². The minimum atomic E-state index is -2.91. The Bertz CT molecular complexity index is 542. The van der Waals surface area contributed by atoms with E-state index in [2.05, 4.69) is 9.97 Å². The van der Waals surface area contributed by atoms with E-state index < -0.39 is 9.84 Å². The van der Waals surface area contributed by atoms with Crippen LogP contribution in [-0.2, 0) is 9.84 Å². The zero-order valence-corrected chi connectivity index (χ0v) is 11.4. The fraction of sp³-hybridized carbons (Fsp3) is 0.500. The van der Waals surface area contributed by atoms with Crippen LogP contribution in [0.1, 0.15) is 12.1 Å². The number of nitrogens with two attached hydrogens (primary N) is 1. The molecule has 2 N–H and O–H groups in total. The van der Waals surface area contributed by atoms with Gasteiger partial charge in [0.25, 0.3) is 0 Å². The lowest BCUT2D eigenvalue weighted by molar-refractivity contribution is 0.597. The van der Waals surface area contributed by atoms with Crippen molar-refractivity contribution in [1.29, 1.82) is 0 Å². The Balaban J connectivity index is 2.14. The first-order valence-electron chi connectivity index (χ1n) is 5.55. The summed E-state index contributed by atoms with van der Waals surface area (Å²) in [5.41, 5.74) is 5.91. The molecule has 0 aromatic carbocycles. The molecule has 6 nitrogen and oxygen atoms in total. The second-order valence-electron chi connectivity index (χ2n) is 4.12. The summed E-state index contributed by atoms with van der Waals surface area (Å²) in [6, 6.07) is 0. The van der Waals surface area contributed by atoms with Gasteiger partial charge in [-0.3, -0.25) is 0 Å². The van der Waals surface area contributed by atoms with Crippen molar-refractivity contribution in [2.45, 2.75) is 6.42 Å². The quantitative estimate of drug-likeness (QED) is 0.749. The van der Waals surface area contributed by atoms with Crippen LogP contribution in [0.5, 0.6) is 0 Å². The van der Waals surface area contributed by atoms with Gasteiger partial charge in [-0.25, -0.2) is 18.4 Å². The van der Waals surface area contributed by atoms with Gasteiger partial charge >= 0.3 is 0 Å². The highest BCUT2D eigenvalue weighted by atomic mass is 32.2. The summed E-state index contributed by atoms with van der Waals surface area (Å²) in [4.78, 5) is 10.4. The molecule has 1 aromatic heterocycles. The first-order valence-corrected chi connectivity index (χ1v) is 7.78. The van der Waals surface area contributed by atoms with E-state index in [9.17, 15) is 8.42 Å². The number of hydrogen-bond donors (Lipinski definition) is 1. The van der Waals surface area contributed by atoms with Crippen LogP contribution >= 0.6 is 12.2 Å². The highest BCUT2D eigenvalue weighted by Crippen LogP contribution is 2.13. The van der Waals surface area contributed by atoms with Crippen LogP contribution in [0.3, 0.4) is 0 Å². The average molecular weight is 286 g/mol. The van der Waals surface area contributed by atoms with Crippen LogP contribution in [0.4, 0.5) is 5.82 Å². The lowest BCUT2D eigenvalue weighted by Crippen LogP contribution is -2.28. The molecule has 1 aliphatic heterocycles. The summed E-state index contributed by atoms with van der Waals surface area (Å²) in [7, 11) is -2.91. The van der Waals surface area contributed by atoms with Gasteiger partial charge in [0.15, 0.2) is 9.84 Å². The van der Waals surface area contributed by atoms with Crippen molar-refractivity contribution in [3.05, 3.63) is 18.1 Å². The molecule has 1 saturated heterocycles. The molecule has 2 rings (SSSR count). The summed E-state index contributed by atoms with van der Waals surface area (Å²) >= 11 is 4.80. The van der Waals surface area contributed by atoms with E-state index in [4.69, 9.17) is 18.0 Å². The minimum Gasteiger partial charge on any atom is -0.388 e. The van der Waals surface area contributed by atoms with E-state index >= 15 is 0 Å². The highest BCUT2D eigenvalue weighted by molar-refractivity contribution is 7.91. The molecule has 1 aliphatic rings. The molecular weight excluding hydrogens is 272 g/mol. The van der Waals surface area contributed by atoms with Crippen molar-refractivity contribution < 1.29 is 8.42 Å². The molecule has 0 spiro atoms. The third-order valence-electron chi connectivity index (χ3n) is 2.77. The summed E-state index contributed by atoms with van der Waals surface area (Å²) < 4.78 is 23.0. The number of anilines is 1. The molecule has 98 valence electrons. The molecule has 0 unspecified atom stereocenters. The van der Waals surface area contributed by atoms with Crippen molar-refractivity contribution in [3.8, 4) is 0 Å². The van der Waals surface area contributed by atoms with Gasteiger partial charge in [0.1, 0.15) is 16.5 Å². The molecule has 18 heavy (non-hydrogen) atoms. The third kappa shape index (κ3) is 3.14. The summed E-state index contributed by atoms with van der Waals surface area (Å²) in [5.74, 6) is 1.06. The molecule has 0 saturated carbocycles. The zero-order chi connectivity index (χ0) is 13.2. The lowest BCUT2D eigenvalue weighted by Gasteiger charge is -2.20. The van der Waals surface area contributed by atoms with Crippen LogP contribution in [0, 0.1) is 0 Å². The van der Waals surface area contributed by atoms with Crippen LogP contribution < -0.4 is 10.6 Å². The maximum Gasteiger partial charge on any atom is 0.152 e. The van der Waals surface area contributed by atoms with Gasteiger partial charge in [-0.05, 0) is 6.42 Å². The topological polar surface area (TPSA) is 89.2 Å². The van der Waals surface area contributed by atoms with Gasteiger partial charge in [-0.2, -0.15) is 0 Å². The second kappa shape index (κ2) is 5.15. The number of hydrogen-bond acceptors (Lipinski definition) is 6. The van der Waals surface area contributed by atoms with Crippen LogP contribution in [0.2, 0.25) is 0 Å². The molecule has 2 heterocycles. The highest BCUT2D eigenvalue weighted by Gasteiger charge is 2.20. The van der Waals surface area contributed by atoms with Gasteiger partial charge < -0.3 is 10.6 Å². The second-order valence-corrected chi connectivity index (χ2v) is 6.86. The summed E-state index contributed by atoms with van der Waals surface area (Å²) in [6.07, 6.45) is 3.70. The van der Waals surface area contributed by atoms with E-state index in [1.165, 1.54) is 6.20 Å². The summed E-state index contributed by atoms with van der Waals surface area (Å²) in [6.45, 7) is 1.11. The Hall–Kier alpha value is -1.28. The molecule has 0 atom stereocenters. The van der Waals surface area contributed by atoms with Gasteiger partial charge in [0.05, 0.1) is 23.9 Å². The van der Waals surface area contributed by atoms with Gasteiger partial charge in [0.2, 0.25) is 0 Å². The van der Waals surface area contributed by atoms with E-state index in [-0.39, 0.29) is 16.5 Å².